The van der Waals surface area contributed by atoms with E-state index in [9.17, 15) is 0 Å². The van der Waals surface area contributed by atoms with Gasteiger partial charge in [-0.2, -0.15) is 0 Å². The molecule has 4 nitrogen and oxygen atoms in total. The Morgan fingerprint density at radius 2 is 2.07 bits per heavy atom. The van der Waals surface area contributed by atoms with Crippen LogP contribution in [0.3, 0.4) is 0 Å². The van der Waals surface area contributed by atoms with E-state index in [-0.39, 0.29) is 6.61 Å². The molecule has 0 radical (unpaired) electrons. The van der Waals surface area contributed by atoms with Crippen LogP contribution in [-0.2, 0) is 0 Å². The zero-order valence-electron chi connectivity index (χ0n) is 8.59. The number of hydrogen-bond acceptors (Lipinski definition) is 4. The second kappa shape index (κ2) is 4.23. The van der Waals surface area contributed by atoms with Gasteiger partial charge in [0.05, 0.1) is 12.1 Å². The Bertz CT molecular complexity index is 453. The molecule has 0 spiro atoms. The first-order chi connectivity index (χ1) is 7.33. The van der Waals surface area contributed by atoms with Crippen molar-refractivity contribution in [1.29, 1.82) is 0 Å². The Labute approximate surface area is 88.2 Å². The number of rotatable bonds is 3. The van der Waals surface area contributed by atoms with Crippen LogP contribution in [0.5, 0.6) is 0 Å². The summed E-state index contributed by atoms with van der Waals surface area (Å²) in [5, 5.41) is 9.90. The lowest BCUT2D eigenvalue weighted by Crippen LogP contribution is -2.22. The second-order valence-corrected chi connectivity index (χ2v) is 3.36. The summed E-state index contributed by atoms with van der Waals surface area (Å²) in [5.41, 5.74) is 0.923. The van der Waals surface area contributed by atoms with Gasteiger partial charge in [0.25, 0.3) is 0 Å². The Balaban J connectivity index is 2.50. The van der Waals surface area contributed by atoms with Crippen molar-refractivity contribution in [1.82, 2.24) is 9.97 Å². The van der Waals surface area contributed by atoms with Crippen molar-refractivity contribution in [2.45, 2.75) is 0 Å². The minimum atomic E-state index is 0.120. The smallest absolute Gasteiger partial charge is 0.139 e. The van der Waals surface area contributed by atoms with Gasteiger partial charge in [-0.25, -0.2) is 9.97 Å². The highest BCUT2D eigenvalue weighted by Gasteiger charge is 2.06. The van der Waals surface area contributed by atoms with Crippen molar-refractivity contribution in [3.8, 4) is 0 Å². The number of hydrogen-bond donors (Lipinski definition) is 1. The monoisotopic (exact) mass is 203 g/mol. The summed E-state index contributed by atoms with van der Waals surface area (Å²) in [5.74, 6) is 0.856. The number of fused-ring (bicyclic) bond motifs is 1. The Hall–Kier alpha value is -1.68. The Morgan fingerprint density at radius 1 is 1.27 bits per heavy atom. The van der Waals surface area contributed by atoms with Crippen LogP contribution in [0.4, 0.5) is 5.82 Å². The minimum Gasteiger partial charge on any atom is -0.395 e. The molecule has 2 rings (SSSR count). The third kappa shape index (κ3) is 1.89. The highest BCUT2D eigenvalue weighted by Crippen LogP contribution is 2.20. The topological polar surface area (TPSA) is 49.2 Å². The fourth-order valence-electron chi connectivity index (χ4n) is 1.55. The number of anilines is 1. The maximum absolute atomic E-state index is 8.88. The molecular formula is C11H13N3O. The van der Waals surface area contributed by atoms with Crippen LogP contribution in [0.15, 0.2) is 30.6 Å². The van der Waals surface area contributed by atoms with Gasteiger partial charge < -0.3 is 10.0 Å². The molecule has 0 aliphatic heterocycles. The lowest BCUT2D eigenvalue weighted by Gasteiger charge is -2.17. The van der Waals surface area contributed by atoms with E-state index in [4.69, 9.17) is 5.11 Å². The quantitative estimate of drug-likeness (QED) is 0.810. The van der Waals surface area contributed by atoms with Gasteiger partial charge in [0, 0.05) is 19.0 Å². The van der Waals surface area contributed by atoms with Gasteiger partial charge in [0.15, 0.2) is 0 Å². The number of aliphatic hydroxyl groups is 1. The summed E-state index contributed by atoms with van der Waals surface area (Å²) in [6, 6.07) is 7.85. The van der Waals surface area contributed by atoms with Gasteiger partial charge in [0.1, 0.15) is 12.1 Å². The second-order valence-electron chi connectivity index (χ2n) is 3.36. The summed E-state index contributed by atoms with van der Waals surface area (Å²) >= 11 is 0. The van der Waals surface area contributed by atoms with Gasteiger partial charge in [-0.1, -0.05) is 12.1 Å². The summed E-state index contributed by atoms with van der Waals surface area (Å²) in [4.78, 5) is 10.3. The molecule has 0 saturated heterocycles. The molecule has 0 fully saturated rings. The molecule has 0 atom stereocenters. The third-order valence-corrected chi connectivity index (χ3v) is 2.32. The molecule has 1 aromatic heterocycles. The molecule has 0 aliphatic carbocycles. The zero-order valence-corrected chi connectivity index (χ0v) is 8.59. The first-order valence-electron chi connectivity index (χ1n) is 4.84. The van der Waals surface area contributed by atoms with E-state index in [2.05, 4.69) is 9.97 Å². The van der Waals surface area contributed by atoms with Gasteiger partial charge >= 0.3 is 0 Å². The molecule has 0 unspecified atom stereocenters. The number of aromatic nitrogens is 2. The molecule has 78 valence electrons. The lowest BCUT2D eigenvalue weighted by molar-refractivity contribution is 0.304. The normalized spacial score (nSPS) is 10.5. The van der Waals surface area contributed by atoms with E-state index in [1.165, 1.54) is 0 Å². The first kappa shape index (κ1) is 9.86. The average Bonchev–Trinajstić information content (AvgIpc) is 2.28. The van der Waals surface area contributed by atoms with E-state index < -0.39 is 0 Å². The molecule has 2 aromatic rings. The maximum Gasteiger partial charge on any atom is 0.139 e. The summed E-state index contributed by atoms with van der Waals surface area (Å²) in [6.45, 7) is 0.690. The maximum atomic E-state index is 8.88. The number of nitrogens with zero attached hydrogens (tertiary/aromatic N) is 3. The summed E-state index contributed by atoms with van der Waals surface area (Å²) in [6.07, 6.45) is 1.55. The molecule has 0 saturated carbocycles. The van der Waals surface area contributed by atoms with Crippen LogP contribution >= 0.6 is 0 Å². The first-order valence-corrected chi connectivity index (χ1v) is 4.84. The zero-order chi connectivity index (χ0) is 10.7. The van der Waals surface area contributed by atoms with Gasteiger partial charge in [-0.3, -0.25) is 0 Å². The van der Waals surface area contributed by atoms with Crippen molar-refractivity contribution in [3.63, 3.8) is 0 Å². The van der Waals surface area contributed by atoms with Crippen molar-refractivity contribution in [3.05, 3.63) is 30.6 Å². The highest BCUT2D eigenvalue weighted by atomic mass is 16.3. The van der Waals surface area contributed by atoms with E-state index in [0.717, 1.165) is 16.7 Å². The number of para-hydroxylation sites is 1. The number of aliphatic hydroxyl groups excluding tert-OH is 1. The van der Waals surface area contributed by atoms with Crippen LogP contribution in [0.1, 0.15) is 0 Å². The number of benzene rings is 1. The number of likely N-dealkylation sites (N-methyl/N-ethyl adjacent to an activating group) is 1. The van der Waals surface area contributed by atoms with Crippen LogP contribution in [0.2, 0.25) is 0 Å². The highest BCUT2D eigenvalue weighted by molar-refractivity contribution is 5.88. The predicted octanol–water partition coefficient (Wildman–Crippen LogP) is 1.06. The van der Waals surface area contributed by atoms with Crippen molar-refractivity contribution in [2.75, 3.05) is 25.1 Å². The molecule has 0 amide bonds. The van der Waals surface area contributed by atoms with E-state index >= 15 is 0 Å². The molecule has 0 aliphatic rings. The molecular weight excluding hydrogens is 190 g/mol. The van der Waals surface area contributed by atoms with Crippen LogP contribution < -0.4 is 4.90 Å². The lowest BCUT2D eigenvalue weighted by atomic mass is 10.2. The fourth-order valence-corrected chi connectivity index (χ4v) is 1.55. The van der Waals surface area contributed by atoms with Crippen molar-refractivity contribution in [2.24, 2.45) is 0 Å². The average molecular weight is 203 g/mol. The van der Waals surface area contributed by atoms with Gasteiger partial charge in [0.2, 0.25) is 0 Å². The van der Waals surface area contributed by atoms with Crippen molar-refractivity contribution < 1.29 is 5.11 Å². The van der Waals surface area contributed by atoms with Crippen LogP contribution in [-0.4, -0.2) is 35.3 Å². The molecule has 1 heterocycles. The van der Waals surface area contributed by atoms with E-state index in [0.29, 0.717) is 6.54 Å². The van der Waals surface area contributed by atoms with E-state index in [1.807, 2.05) is 36.2 Å². The molecule has 15 heavy (non-hydrogen) atoms. The Morgan fingerprint density at radius 3 is 2.87 bits per heavy atom. The largest absolute Gasteiger partial charge is 0.395 e. The van der Waals surface area contributed by atoms with Crippen LogP contribution in [0, 0.1) is 0 Å². The van der Waals surface area contributed by atoms with Gasteiger partial charge in [-0.15, -0.1) is 0 Å². The molecule has 0 bridgehead atoms. The van der Waals surface area contributed by atoms with Gasteiger partial charge in [-0.05, 0) is 12.1 Å². The SMILES string of the molecule is CN(CCO)c1ncnc2ccccc12. The standard InChI is InChI=1S/C11H13N3O/c1-14(6-7-15)11-9-4-2-3-5-10(9)12-8-13-11/h2-5,8,15H,6-7H2,1H3. The Kier molecular flexibility index (Phi) is 2.78. The minimum absolute atomic E-state index is 0.120. The molecule has 4 heteroatoms. The van der Waals surface area contributed by atoms with Crippen molar-refractivity contribution >= 4 is 16.7 Å². The summed E-state index contributed by atoms with van der Waals surface area (Å²) in [7, 11) is 1.91. The molecule has 1 aromatic carbocycles. The third-order valence-electron chi connectivity index (χ3n) is 2.32. The van der Waals surface area contributed by atoms with Crippen LogP contribution in [0.25, 0.3) is 10.9 Å². The fraction of sp³-hybridized carbons (Fsp3) is 0.273. The molecule has 1 N–H and O–H groups in total. The summed E-state index contributed by atoms with van der Waals surface area (Å²) < 4.78 is 0. The van der Waals surface area contributed by atoms with E-state index in [1.54, 1.807) is 6.33 Å². The predicted molar refractivity (Wildman–Crippen MR) is 59.9 cm³/mol.